The van der Waals surface area contributed by atoms with Crippen LogP contribution in [-0.4, -0.2) is 47.3 Å². The van der Waals surface area contributed by atoms with E-state index in [-0.39, 0.29) is 11.8 Å². The summed E-state index contributed by atoms with van der Waals surface area (Å²) in [6.45, 7) is 7.92. The van der Waals surface area contributed by atoms with Crippen LogP contribution in [0.5, 0.6) is 11.5 Å². The van der Waals surface area contributed by atoms with E-state index in [1.807, 2.05) is 18.7 Å². The molecule has 1 aromatic heterocycles. The molecular weight excluding hydrogens is 322 g/mol. The molecule has 25 heavy (non-hydrogen) atoms. The van der Waals surface area contributed by atoms with Gasteiger partial charge in [0.1, 0.15) is 0 Å². The van der Waals surface area contributed by atoms with Gasteiger partial charge in [0, 0.05) is 18.7 Å². The van der Waals surface area contributed by atoms with E-state index in [4.69, 9.17) is 14.0 Å². The fourth-order valence-electron chi connectivity index (χ4n) is 2.99. The van der Waals surface area contributed by atoms with Gasteiger partial charge < -0.3 is 18.9 Å². The number of aromatic nitrogens is 2. The van der Waals surface area contributed by atoms with Crippen molar-refractivity contribution in [2.45, 2.75) is 33.1 Å². The smallest absolute Gasteiger partial charge is 0.254 e. The molecule has 1 fully saturated rings. The summed E-state index contributed by atoms with van der Waals surface area (Å²) in [6, 6.07) is 5.32. The standard InChI is InChI=1S/C18H23N3O4/c1-4-23-15-7-6-13(10-16(15)24-5-2)18(22)21-9-8-14(11-21)17-19-12(3)20-25-17/h6-7,10,14H,4-5,8-9,11H2,1-3H3/t14-/m1/s1. The molecule has 0 N–H and O–H groups in total. The van der Waals surface area contributed by atoms with Crippen LogP contribution in [0.3, 0.4) is 0 Å². The molecule has 0 spiro atoms. The molecule has 0 saturated carbocycles. The fraction of sp³-hybridized carbons (Fsp3) is 0.500. The van der Waals surface area contributed by atoms with E-state index in [1.165, 1.54) is 0 Å². The highest BCUT2D eigenvalue weighted by Gasteiger charge is 2.31. The van der Waals surface area contributed by atoms with Crippen molar-refractivity contribution < 1.29 is 18.8 Å². The largest absolute Gasteiger partial charge is 0.490 e. The summed E-state index contributed by atoms with van der Waals surface area (Å²) in [5.41, 5.74) is 0.592. The van der Waals surface area contributed by atoms with E-state index in [1.54, 1.807) is 25.1 Å². The molecule has 2 heterocycles. The van der Waals surface area contributed by atoms with Crippen molar-refractivity contribution in [1.82, 2.24) is 15.0 Å². The Morgan fingerprint density at radius 1 is 1.28 bits per heavy atom. The first-order valence-electron chi connectivity index (χ1n) is 8.61. The van der Waals surface area contributed by atoms with Crippen molar-refractivity contribution in [1.29, 1.82) is 0 Å². The summed E-state index contributed by atoms with van der Waals surface area (Å²) in [4.78, 5) is 18.9. The zero-order valence-electron chi connectivity index (χ0n) is 14.8. The normalized spacial score (nSPS) is 16.9. The van der Waals surface area contributed by atoms with Gasteiger partial charge in [-0.3, -0.25) is 4.79 Å². The van der Waals surface area contributed by atoms with Gasteiger partial charge in [-0.15, -0.1) is 0 Å². The average Bonchev–Trinajstić information content (AvgIpc) is 3.25. The number of likely N-dealkylation sites (tertiary alicyclic amines) is 1. The number of carbonyl (C=O) groups excluding carboxylic acids is 1. The molecule has 1 aromatic carbocycles. The van der Waals surface area contributed by atoms with Crippen LogP contribution < -0.4 is 9.47 Å². The van der Waals surface area contributed by atoms with Gasteiger partial charge in [0.15, 0.2) is 17.3 Å². The van der Waals surface area contributed by atoms with E-state index in [0.29, 0.717) is 55.1 Å². The summed E-state index contributed by atoms with van der Waals surface area (Å²) in [6.07, 6.45) is 0.822. The van der Waals surface area contributed by atoms with Gasteiger partial charge in [-0.05, 0) is 45.4 Å². The van der Waals surface area contributed by atoms with Gasteiger partial charge in [0.25, 0.3) is 5.91 Å². The van der Waals surface area contributed by atoms with Crippen LogP contribution in [0.15, 0.2) is 22.7 Å². The van der Waals surface area contributed by atoms with Crippen LogP contribution in [0, 0.1) is 6.92 Å². The number of benzene rings is 1. The highest BCUT2D eigenvalue weighted by Crippen LogP contribution is 2.31. The summed E-state index contributed by atoms with van der Waals surface area (Å²) in [5, 5.41) is 3.83. The number of aryl methyl sites for hydroxylation is 1. The maximum atomic E-state index is 12.8. The van der Waals surface area contributed by atoms with E-state index in [2.05, 4.69) is 10.1 Å². The highest BCUT2D eigenvalue weighted by molar-refractivity contribution is 5.95. The maximum Gasteiger partial charge on any atom is 0.254 e. The predicted molar refractivity (Wildman–Crippen MR) is 91.1 cm³/mol. The molecule has 3 rings (SSSR count). The Morgan fingerprint density at radius 3 is 2.72 bits per heavy atom. The molecule has 1 amide bonds. The summed E-state index contributed by atoms with van der Waals surface area (Å²) in [7, 11) is 0. The molecular formula is C18H23N3O4. The molecule has 1 atom stereocenters. The Labute approximate surface area is 146 Å². The van der Waals surface area contributed by atoms with Gasteiger partial charge in [-0.1, -0.05) is 5.16 Å². The minimum atomic E-state index is -0.0252. The summed E-state index contributed by atoms with van der Waals surface area (Å²) in [5.74, 6) is 2.55. The van der Waals surface area contributed by atoms with Gasteiger partial charge in [-0.25, -0.2) is 0 Å². The lowest BCUT2D eigenvalue weighted by Gasteiger charge is -2.17. The number of rotatable bonds is 6. The van der Waals surface area contributed by atoms with Crippen LogP contribution in [-0.2, 0) is 0 Å². The lowest BCUT2D eigenvalue weighted by molar-refractivity contribution is 0.0789. The highest BCUT2D eigenvalue weighted by atomic mass is 16.5. The third-order valence-corrected chi connectivity index (χ3v) is 4.16. The molecule has 0 unspecified atom stereocenters. The number of amides is 1. The molecule has 134 valence electrons. The van der Waals surface area contributed by atoms with E-state index >= 15 is 0 Å². The summed E-state index contributed by atoms with van der Waals surface area (Å²) < 4.78 is 16.4. The van der Waals surface area contributed by atoms with Gasteiger partial charge in [0.05, 0.1) is 19.1 Å². The second kappa shape index (κ2) is 7.55. The predicted octanol–water partition coefficient (Wildman–Crippen LogP) is 2.81. The van der Waals surface area contributed by atoms with E-state index in [0.717, 1.165) is 6.42 Å². The van der Waals surface area contributed by atoms with E-state index < -0.39 is 0 Å². The zero-order valence-corrected chi connectivity index (χ0v) is 14.8. The Hall–Kier alpha value is -2.57. The van der Waals surface area contributed by atoms with Crippen molar-refractivity contribution in [3.05, 3.63) is 35.5 Å². The number of hydrogen-bond acceptors (Lipinski definition) is 6. The minimum Gasteiger partial charge on any atom is -0.490 e. The number of ether oxygens (including phenoxy) is 2. The van der Waals surface area contributed by atoms with Crippen molar-refractivity contribution in [2.75, 3.05) is 26.3 Å². The molecule has 7 heteroatoms. The van der Waals surface area contributed by atoms with Gasteiger partial charge in [-0.2, -0.15) is 4.98 Å². The molecule has 2 aromatic rings. The molecule has 0 aliphatic carbocycles. The fourth-order valence-corrected chi connectivity index (χ4v) is 2.99. The van der Waals surface area contributed by atoms with E-state index in [9.17, 15) is 4.79 Å². The monoisotopic (exact) mass is 345 g/mol. The maximum absolute atomic E-state index is 12.8. The van der Waals surface area contributed by atoms with Crippen LogP contribution in [0.4, 0.5) is 0 Å². The summed E-state index contributed by atoms with van der Waals surface area (Å²) >= 11 is 0. The molecule has 7 nitrogen and oxygen atoms in total. The number of nitrogens with zero attached hydrogens (tertiary/aromatic N) is 3. The number of hydrogen-bond donors (Lipinski definition) is 0. The Balaban J connectivity index is 1.73. The Morgan fingerprint density at radius 2 is 2.04 bits per heavy atom. The SMILES string of the molecule is CCOc1ccc(C(=O)N2CC[C@@H](c3nc(C)no3)C2)cc1OCC. The lowest BCUT2D eigenvalue weighted by atomic mass is 10.1. The first-order chi connectivity index (χ1) is 12.1. The van der Waals surface area contributed by atoms with Crippen LogP contribution in [0.1, 0.15) is 48.3 Å². The molecule has 0 bridgehead atoms. The molecule has 1 saturated heterocycles. The van der Waals surface area contributed by atoms with Crippen LogP contribution in [0.25, 0.3) is 0 Å². The average molecular weight is 345 g/mol. The quantitative estimate of drug-likeness (QED) is 0.801. The van der Waals surface area contributed by atoms with Crippen molar-refractivity contribution >= 4 is 5.91 Å². The Bertz CT molecular complexity index is 744. The second-order valence-electron chi connectivity index (χ2n) is 5.94. The second-order valence-corrected chi connectivity index (χ2v) is 5.94. The van der Waals surface area contributed by atoms with Gasteiger partial charge in [0.2, 0.25) is 5.89 Å². The van der Waals surface area contributed by atoms with Crippen LogP contribution >= 0.6 is 0 Å². The zero-order chi connectivity index (χ0) is 17.8. The molecule has 0 radical (unpaired) electrons. The molecule has 1 aliphatic heterocycles. The third-order valence-electron chi connectivity index (χ3n) is 4.16. The first kappa shape index (κ1) is 17.3. The van der Waals surface area contributed by atoms with Crippen LogP contribution in [0.2, 0.25) is 0 Å². The first-order valence-corrected chi connectivity index (χ1v) is 8.61. The molecule has 1 aliphatic rings. The number of carbonyl (C=O) groups is 1. The van der Waals surface area contributed by atoms with Crippen molar-refractivity contribution in [2.24, 2.45) is 0 Å². The van der Waals surface area contributed by atoms with Gasteiger partial charge >= 0.3 is 0 Å². The lowest BCUT2D eigenvalue weighted by Crippen LogP contribution is -2.28. The Kier molecular flexibility index (Phi) is 5.21. The minimum absolute atomic E-state index is 0.0252. The third kappa shape index (κ3) is 3.75. The topological polar surface area (TPSA) is 77.7 Å². The van der Waals surface area contributed by atoms with Crippen molar-refractivity contribution in [3.8, 4) is 11.5 Å². The van der Waals surface area contributed by atoms with Crippen molar-refractivity contribution in [3.63, 3.8) is 0 Å².